The van der Waals surface area contributed by atoms with Gasteiger partial charge in [-0.3, -0.25) is 4.79 Å². The van der Waals surface area contributed by atoms with Crippen molar-refractivity contribution in [2.24, 2.45) is 0 Å². The topological polar surface area (TPSA) is 63.2 Å². The van der Waals surface area contributed by atoms with Gasteiger partial charge in [-0.05, 0) is 35.9 Å². The maximum Gasteiger partial charge on any atom is 0.416 e. The predicted molar refractivity (Wildman–Crippen MR) is 83.3 cm³/mol. The largest absolute Gasteiger partial charge is 0.416 e. The molecule has 0 unspecified atom stereocenters. The van der Waals surface area contributed by atoms with Crippen molar-refractivity contribution in [1.29, 1.82) is 0 Å². The van der Waals surface area contributed by atoms with Crippen LogP contribution in [0.15, 0.2) is 53.4 Å². The average molecular weight is 357 g/mol. The van der Waals surface area contributed by atoms with E-state index in [9.17, 15) is 26.4 Å². The zero-order chi connectivity index (χ0) is 18.0. The van der Waals surface area contributed by atoms with Gasteiger partial charge >= 0.3 is 6.18 Å². The molecule has 8 heteroatoms. The van der Waals surface area contributed by atoms with E-state index in [1.807, 2.05) is 0 Å². The second-order valence-electron chi connectivity index (χ2n) is 5.22. The van der Waals surface area contributed by atoms with Crippen LogP contribution in [-0.4, -0.2) is 20.6 Å². The molecular weight excluding hydrogens is 343 g/mol. The molecule has 0 aliphatic carbocycles. The number of rotatable bonds is 4. The standard InChI is InChI=1S/C16H14F3NO3S/c1-24(22,23)14-4-2-3-13(10-14)20-15(21)9-11-5-7-12(8-6-11)16(17,18)19/h2-8,10H,9H2,1H3,(H,20,21). The zero-order valence-electron chi connectivity index (χ0n) is 12.6. The van der Waals surface area contributed by atoms with E-state index in [1.54, 1.807) is 0 Å². The van der Waals surface area contributed by atoms with E-state index >= 15 is 0 Å². The summed E-state index contributed by atoms with van der Waals surface area (Å²) in [5, 5.41) is 2.52. The van der Waals surface area contributed by atoms with Crippen molar-refractivity contribution in [3.05, 3.63) is 59.7 Å². The highest BCUT2D eigenvalue weighted by Crippen LogP contribution is 2.29. The van der Waals surface area contributed by atoms with Crippen molar-refractivity contribution in [2.75, 3.05) is 11.6 Å². The van der Waals surface area contributed by atoms with Crippen LogP contribution in [0.4, 0.5) is 18.9 Å². The number of anilines is 1. The van der Waals surface area contributed by atoms with Crippen LogP contribution in [0.1, 0.15) is 11.1 Å². The van der Waals surface area contributed by atoms with Gasteiger partial charge in [0, 0.05) is 11.9 Å². The quantitative estimate of drug-likeness (QED) is 0.913. The molecule has 0 bridgehead atoms. The van der Waals surface area contributed by atoms with Gasteiger partial charge in [0.15, 0.2) is 9.84 Å². The molecule has 24 heavy (non-hydrogen) atoms. The highest BCUT2D eigenvalue weighted by molar-refractivity contribution is 7.90. The first-order chi connectivity index (χ1) is 11.1. The number of carbonyl (C=O) groups excluding carboxylic acids is 1. The maximum atomic E-state index is 12.5. The summed E-state index contributed by atoms with van der Waals surface area (Å²) < 4.78 is 60.4. The summed E-state index contributed by atoms with van der Waals surface area (Å²) in [4.78, 5) is 12.0. The van der Waals surface area contributed by atoms with Crippen molar-refractivity contribution in [2.45, 2.75) is 17.5 Å². The molecular formula is C16H14F3NO3S. The van der Waals surface area contributed by atoms with Crippen molar-refractivity contribution >= 4 is 21.4 Å². The Hall–Kier alpha value is -2.35. The molecule has 4 nitrogen and oxygen atoms in total. The Morgan fingerprint density at radius 3 is 2.25 bits per heavy atom. The van der Waals surface area contributed by atoms with Gasteiger partial charge in [0.2, 0.25) is 5.91 Å². The van der Waals surface area contributed by atoms with Crippen LogP contribution in [0.2, 0.25) is 0 Å². The van der Waals surface area contributed by atoms with Gasteiger partial charge in [-0.15, -0.1) is 0 Å². The van der Waals surface area contributed by atoms with Gasteiger partial charge in [-0.2, -0.15) is 13.2 Å². The van der Waals surface area contributed by atoms with Crippen molar-refractivity contribution in [3.8, 4) is 0 Å². The van der Waals surface area contributed by atoms with Crippen molar-refractivity contribution in [3.63, 3.8) is 0 Å². The molecule has 0 saturated carbocycles. The third kappa shape index (κ3) is 4.82. The summed E-state index contributed by atoms with van der Waals surface area (Å²) in [6, 6.07) is 10.0. The summed E-state index contributed by atoms with van der Waals surface area (Å²) in [5.41, 5.74) is -0.0675. The number of sulfone groups is 1. The van der Waals surface area contributed by atoms with Crippen LogP contribution >= 0.6 is 0 Å². The molecule has 0 fully saturated rings. The molecule has 0 aliphatic heterocycles. The Morgan fingerprint density at radius 1 is 1.08 bits per heavy atom. The molecule has 0 aliphatic rings. The molecule has 1 amide bonds. The number of benzene rings is 2. The molecule has 0 atom stereocenters. The lowest BCUT2D eigenvalue weighted by atomic mass is 10.1. The average Bonchev–Trinajstić information content (AvgIpc) is 2.46. The van der Waals surface area contributed by atoms with Crippen molar-refractivity contribution < 1.29 is 26.4 Å². The minimum atomic E-state index is -4.42. The Kier molecular flexibility index (Phi) is 4.98. The molecule has 0 radical (unpaired) electrons. The fourth-order valence-electron chi connectivity index (χ4n) is 2.01. The van der Waals surface area contributed by atoms with Crippen LogP contribution in [0, 0.1) is 0 Å². The molecule has 2 aromatic rings. The number of hydrogen-bond donors (Lipinski definition) is 1. The molecule has 0 spiro atoms. The Labute approximate surface area is 137 Å². The predicted octanol–water partition coefficient (Wildman–Crippen LogP) is 3.29. The Morgan fingerprint density at radius 2 is 1.71 bits per heavy atom. The monoisotopic (exact) mass is 357 g/mol. The van der Waals surface area contributed by atoms with E-state index < -0.39 is 27.5 Å². The summed E-state index contributed by atoms with van der Waals surface area (Å²) in [6.07, 6.45) is -3.50. The van der Waals surface area contributed by atoms with Gasteiger partial charge in [-0.25, -0.2) is 8.42 Å². The minimum absolute atomic E-state index is 0.0647. The van der Waals surface area contributed by atoms with Gasteiger partial charge in [0.1, 0.15) is 0 Å². The summed E-state index contributed by atoms with van der Waals surface area (Å²) in [6.45, 7) is 0. The normalized spacial score (nSPS) is 12.0. The highest BCUT2D eigenvalue weighted by Gasteiger charge is 2.29. The molecule has 1 N–H and O–H groups in total. The lowest BCUT2D eigenvalue weighted by Gasteiger charge is -2.09. The number of carbonyl (C=O) groups is 1. The Bertz CT molecular complexity index is 844. The smallest absolute Gasteiger partial charge is 0.326 e. The van der Waals surface area contributed by atoms with Crippen molar-refractivity contribution in [1.82, 2.24) is 0 Å². The molecule has 128 valence electrons. The first kappa shape index (κ1) is 18.0. The maximum absolute atomic E-state index is 12.5. The van der Waals surface area contributed by atoms with E-state index in [0.717, 1.165) is 18.4 Å². The van der Waals surface area contributed by atoms with Gasteiger partial charge in [0.05, 0.1) is 16.9 Å². The molecule has 2 aromatic carbocycles. The molecule has 0 saturated heterocycles. The zero-order valence-corrected chi connectivity index (χ0v) is 13.4. The molecule has 2 rings (SSSR count). The molecule has 0 heterocycles. The molecule has 0 aromatic heterocycles. The fourth-order valence-corrected chi connectivity index (χ4v) is 2.67. The number of hydrogen-bond acceptors (Lipinski definition) is 3. The first-order valence-corrected chi connectivity index (χ1v) is 8.71. The van der Waals surface area contributed by atoms with Crippen LogP contribution in [0.25, 0.3) is 0 Å². The summed E-state index contributed by atoms with van der Waals surface area (Å²) in [5.74, 6) is -0.458. The summed E-state index contributed by atoms with van der Waals surface area (Å²) in [7, 11) is -3.40. The highest BCUT2D eigenvalue weighted by atomic mass is 32.2. The first-order valence-electron chi connectivity index (χ1n) is 6.82. The summed E-state index contributed by atoms with van der Waals surface area (Å²) >= 11 is 0. The number of alkyl halides is 3. The van der Waals surface area contributed by atoms with Gasteiger partial charge in [-0.1, -0.05) is 18.2 Å². The SMILES string of the molecule is CS(=O)(=O)c1cccc(NC(=O)Cc2ccc(C(F)(F)F)cc2)c1. The van der Waals surface area contributed by atoms with E-state index in [0.29, 0.717) is 11.3 Å². The van der Waals surface area contributed by atoms with Gasteiger partial charge < -0.3 is 5.32 Å². The second-order valence-corrected chi connectivity index (χ2v) is 7.24. The number of amides is 1. The lowest BCUT2D eigenvalue weighted by Crippen LogP contribution is -2.15. The van der Waals surface area contributed by atoms with E-state index in [-0.39, 0.29) is 11.3 Å². The van der Waals surface area contributed by atoms with Crippen LogP contribution < -0.4 is 5.32 Å². The second kappa shape index (κ2) is 6.64. The third-order valence-electron chi connectivity index (χ3n) is 3.19. The van der Waals surface area contributed by atoms with E-state index in [1.165, 1.54) is 36.4 Å². The number of halogens is 3. The Balaban J connectivity index is 2.06. The van der Waals surface area contributed by atoms with Crippen LogP contribution in [0.5, 0.6) is 0 Å². The van der Waals surface area contributed by atoms with E-state index in [4.69, 9.17) is 0 Å². The minimum Gasteiger partial charge on any atom is -0.326 e. The van der Waals surface area contributed by atoms with Crippen LogP contribution in [0.3, 0.4) is 0 Å². The fraction of sp³-hybridized carbons (Fsp3) is 0.188. The van der Waals surface area contributed by atoms with E-state index in [2.05, 4.69) is 5.32 Å². The number of nitrogens with one attached hydrogen (secondary N) is 1. The van der Waals surface area contributed by atoms with Gasteiger partial charge in [0.25, 0.3) is 0 Å². The third-order valence-corrected chi connectivity index (χ3v) is 4.30. The van der Waals surface area contributed by atoms with Crippen LogP contribution in [-0.2, 0) is 27.2 Å². The lowest BCUT2D eigenvalue weighted by molar-refractivity contribution is -0.137.